The molecule has 0 spiro atoms. The number of hydrogen-bond acceptors (Lipinski definition) is 19. The molecule has 4 fully saturated rings. The van der Waals surface area contributed by atoms with E-state index in [0.29, 0.717) is 88.1 Å². The van der Waals surface area contributed by atoms with Gasteiger partial charge in [0, 0.05) is 101 Å². The number of carbonyl (C=O) groups excluding carboxylic acids is 4. The third kappa shape index (κ3) is 29.0. The van der Waals surface area contributed by atoms with Crippen molar-refractivity contribution in [2.45, 2.75) is 128 Å². The van der Waals surface area contributed by atoms with Crippen molar-refractivity contribution in [3.05, 3.63) is 326 Å². The van der Waals surface area contributed by atoms with E-state index < -0.39 is 21.8 Å². The fourth-order valence-corrected chi connectivity index (χ4v) is 17.8. The molecule has 131 heavy (non-hydrogen) atoms. The van der Waals surface area contributed by atoms with Crippen LogP contribution in [0.2, 0.25) is 10.0 Å². The average molecular weight is 1830 g/mol. The van der Waals surface area contributed by atoms with Crippen molar-refractivity contribution < 1.29 is 47.4 Å². The number of benzene rings is 8. The van der Waals surface area contributed by atoms with Crippen LogP contribution in [0.3, 0.4) is 0 Å². The minimum atomic E-state index is -3.16. The number of amides is 4. The molecule has 4 amide bonds. The quantitative estimate of drug-likeness (QED) is 0.0314. The monoisotopic (exact) mass is 1830 g/mol. The Morgan fingerprint density at radius 2 is 0.824 bits per heavy atom. The lowest BCUT2D eigenvalue weighted by atomic mass is 9.96. The van der Waals surface area contributed by atoms with E-state index in [4.69, 9.17) is 33.4 Å². The molecular weight excluding hydrogens is 1720 g/mol. The highest BCUT2D eigenvalue weighted by Crippen LogP contribution is 2.27. The molecule has 8 heterocycles. The molecule has 686 valence electrons. The lowest BCUT2D eigenvalue weighted by Gasteiger charge is -2.33. The number of carboxylic acid groups (broad SMARTS) is 2. The third-order valence-corrected chi connectivity index (χ3v) is 26.0. The third-order valence-electron chi connectivity index (χ3n) is 24.1. The van der Waals surface area contributed by atoms with E-state index in [1.165, 1.54) is 39.8 Å². The summed E-state index contributed by atoms with van der Waals surface area (Å²) in [5.41, 5.74) is 11.3. The summed E-state index contributed by atoms with van der Waals surface area (Å²) in [7, 11) is 0.493. The van der Waals surface area contributed by atoms with Crippen LogP contribution in [0.4, 0.5) is 0 Å². The van der Waals surface area contributed by atoms with Gasteiger partial charge in [0.1, 0.15) is 0 Å². The Balaban J connectivity index is 0.000000149. The molecular formula is C99H115Cl2N19O10S. The van der Waals surface area contributed by atoms with Crippen LogP contribution >= 0.6 is 23.2 Å². The van der Waals surface area contributed by atoms with Crippen LogP contribution in [0.5, 0.6) is 0 Å². The van der Waals surface area contributed by atoms with Crippen LogP contribution in [0.25, 0.3) is 5.69 Å². The Kier molecular flexibility index (Phi) is 34.8. The topological polar surface area (TPSA) is 330 Å². The summed E-state index contributed by atoms with van der Waals surface area (Å²) in [6.45, 7) is 17.2. The number of aromatic carboxylic acids is 2. The van der Waals surface area contributed by atoms with Crippen LogP contribution in [-0.2, 0) is 62.1 Å². The van der Waals surface area contributed by atoms with E-state index in [9.17, 15) is 37.2 Å². The molecule has 12 aromatic rings. The Labute approximate surface area is 775 Å². The SMILES string of the molecule is CCCc1cc(C(=O)NC2CCN(Cc3ccccc3)CC2)nn1-c1ccc(C(=O)O)cc1.CN(CC1CCN(Cc2ccccc2)CC1)C(=O)c1cn(Cc2ccc(C(=O)O)cc2Cl)nn1.CN(CC1CCN(Cc2ccccc2)CC1)C(=O)c1cn(Cc2ccccc2Cl)nn1.CS(=O)(=O)c1ccc(CN2CCC(CNC(=O)c3cn(Cc4ccccc4)nn3)CC2)cc1. The summed E-state index contributed by atoms with van der Waals surface area (Å²) in [6, 6.07) is 69.3. The maximum atomic E-state index is 13.0. The van der Waals surface area contributed by atoms with Crippen molar-refractivity contribution >= 4 is 68.6 Å². The zero-order valence-electron chi connectivity index (χ0n) is 74.6. The largest absolute Gasteiger partial charge is 0.478 e. The molecule has 8 aromatic carbocycles. The predicted octanol–water partition coefficient (Wildman–Crippen LogP) is 13.9. The fourth-order valence-electron chi connectivity index (χ4n) is 16.7. The molecule has 0 radical (unpaired) electrons. The number of halogens is 2. The highest BCUT2D eigenvalue weighted by molar-refractivity contribution is 7.90. The van der Waals surface area contributed by atoms with E-state index in [1.807, 2.05) is 92.0 Å². The molecule has 0 atom stereocenters. The highest BCUT2D eigenvalue weighted by atomic mass is 35.5. The van der Waals surface area contributed by atoms with Crippen molar-refractivity contribution in [1.82, 2.24) is 94.8 Å². The standard InChI is InChI=1S/C26H30N4O3.C25H28ClN5O3.C24H28ClN5O.C24H29N5O3S/c1-2-6-23-17-24(28-30(23)22-11-9-20(10-12-22)26(32)33)25(31)27-21-13-15-29(16-14-21)18-19-7-4-3-5-8-19;1-29(14-19-9-11-30(12-10-19)15-18-5-3-2-4-6-18)24(32)23-17-31(28-27-23)16-21-8-7-20(25(33)34)13-22(21)26;1-28(15-20-11-13-29(14-12-20)16-19-7-3-2-4-8-19)24(31)23-18-30(27-26-23)17-21-9-5-6-10-22(21)25;1-33(31,32)22-9-7-21(8-10-22)16-28-13-11-19(12-14-28)15-25-24(30)23-18-29(27-26-23)17-20-5-3-2-4-6-20/h3-5,7-12,17,21H,2,6,13-16,18H2,1H3,(H,27,31)(H,32,33);2-8,13,17,19H,9-12,14-16H2,1H3,(H,33,34);2-10,18,20H,11-17H2,1H3;2-10,18-19H,11-17H2,1H3,(H,25,30). The first-order valence-electron chi connectivity index (χ1n) is 44.7. The number of likely N-dealkylation sites (tertiary alicyclic amines) is 4. The molecule has 29 nitrogen and oxygen atoms in total. The van der Waals surface area contributed by atoms with Gasteiger partial charge in [0.2, 0.25) is 0 Å². The van der Waals surface area contributed by atoms with Gasteiger partial charge in [-0.15, -0.1) is 15.3 Å². The minimum Gasteiger partial charge on any atom is -0.478 e. The maximum Gasteiger partial charge on any atom is 0.335 e. The second kappa shape index (κ2) is 47.4. The molecule has 32 heteroatoms. The molecule has 0 aliphatic carbocycles. The van der Waals surface area contributed by atoms with Gasteiger partial charge in [-0.3, -0.25) is 38.8 Å². The molecule has 4 N–H and O–H groups in total. The van der Waals surface area contributed by atoms with Crippen LogP contribution < -0.4 is 10.6 Å². The van der Waals surface area contributed by atoms with Gasteiger partial charge < -0.3 is 30.6 Å². The van der Waals surface area contributed by atoms with Crippen LogP contribution in [0.1, 0.15) is 172 Å². The van der Waals surface area contributed by atoms with Gasteiger partial charge in [0.15, 0.2) is 32.6 Å². The molecule has 4 aliphatic rings. The first-order chi connectivity index (χ1) is 63.4. The molecule has 4 saturated heterocycles. The zero-order chi connectivity index (χ0) is 92.2. The number of rotatable bonds is 31. The van der Waals surface area contributed by atoms with Gasteiger partial charge >= 0.3 is 11.9 Å². The van der Waals surface area contributed by atoms with Crippen molar-refractivity contribution in [2.24, 2.45) is 17.8 Å². The molecule has 16 rings (SSSR count). The van der Waals surface area contributed by atoms with Crippen LogP contribution in [0, 0.1) is 17.8 Å². The number of aromatic nitrogens is 11. The zero-order valence-corrected chi connectivity index (χ0v) is 76.9. The Morgan fingerprint density at radius 1 is 0.427 bits per heavy atom. The summed E-state index contributed by atoms with van der Waals surface area (Å²) in [4.78, 5) is 86.9. The number of nitrogens with one attached hydrogen (secondary N) is 2. The molecule has 0 bridgehead atoms. The van der Waals surface area contributed by atoms with Crippen molar-refractivity contribution in [3.63, 3.8) is 0 Å². The molecule has 4 aliphatic heterocycles. The van der Waals surface area contributed by atoms with Crippen molar-refractivity contribution in [3.8, 4) is 5.69 Å². The lowest BCUT2D eigenvalue weighted by Crippen LogP contribution is -2.44. The Hall–Kier alpha value is -12.4. The van der Waals surface area contributed by atoms with Gasteiger partial charge in [0.05, 0.1) is 59.9 Å². The predicted molar refractivity (Wildman–Crippen MR) is 503 cm³/mol. The van der Waals surface area contributed by atoms with Gasteiger partial charge in [-0.05, 0) is 214 Å². The van der Waals surface area contributed by atoms with E-state index in [0.717, 1.165) is 177 Å². The highest BCUT2D eigenvalue weighted by Gasteiger charge is 2.29. The number of nitrogens with zero attached hydrogens (tertiary/aromatic N) is 17. The second-order valence-corrected chi connectivity index (χ2v) is 37.1. The first kappa shape index (κ1) is 96.1. The van der Waals surface area contributed by atoms with Crippen LogP contribution in [-0.4, -0.2) is 237 Å². The number of aryl methyl sites for hydroxylation is 1. The van der Waals surface area contributed by atoms with Gasteiger partial charge in [-0.1, -0.05) is 210 Å². The van der Waals surface area contributed by atoms with Crippen LogP contribution in [0.15, 0.2) is 242 Å². The van der Waals surface area contributed by atoms with Gasteiger partial charge in [-0.2, -0.15) is 5.10 Å². The Morgan fingerprint density at radius 3 is 1.27 bits per heavy atom. The fraction of sp³-hybridized carbons (Fsp3) is 0.364. The lowest BCUT2D eigenvalue weighted by molar-refractivity contribution is 0.0686. The van der Waals surface area contributed by atoms with E-state index in [-0.39, 0.29) is 46.5 Å². The maximum absolute atomic E-state index is 13.0. The van der Waals surface area contributed by atoms with Gasteiger partial charge in [-0.25, -0.2) is 36.7 Å². The molecule has 0 saturated carbocycles. The smallest absolute Gasteiger partial charge is 0.335 e. The van der Waals surface area contributed by atoms with Gasteiger partial charge in [0.25, 0.3) is 23.6 Å². The summed E-state index contributed by atoms with van der Waals surface area (Å²) in [6.07, 6.45) is 16.0. The number of carboxylic acids is 2. The normalized spacial score (nSPS) is 15.0. The number of carbonyl (C=O) groups is 6. The number of sulfone groups is 1. The van der Waals surface area contributed by atoms with Crippen molar-refractivity contribution in [2.75, 3.05) is 92.3 Å². The summed E-state index contributed by atoms with van der Waals surface area (Å²) < 4.78 is 29.8. The first-order valence-corrected chi connectivity index (χ1v) is 47.3. The van der Waals surface area contributed by atoms with Crippen molar-refractivity contribution in [1.29, 1.82) is 0 Å². The number of piperidine rings is 4. The summed E-state index contributed by atoms with van der Waals surface area (Å²) in [5, 5.41) is 54.3. The number of hydrogen-bond donors (Lipinski definition) is 4. The van der Waals surface area contributed by atoms with E-state index in [2.05, 4.69) is 152 Å². The molecule has 0 unspecified atom stereocenters. The second-order valence-electron chi connectivity index (χ2n) is 34.3. The minimum absolute atomic E-state index is 0.0860. The summed E-state index contributed by atoms with van der Waals surface area (Å²) >= 11 is 12.4. The van der Waals surface area contributed by atoms with E-state index in [1.54, 1.807) is 91.9 Å². The van der Waals surface area contributed by atoms with E-state index >= 15 is 0 Å². The molecule has 4 aromatic heterocycles. The average Bonchev–Trinajstić information content (AvgIpc) is 1.66. The summed E-state index contributed by atoms with van der Waals surface area (Å²) in [5.74, 6) is -1.20. The Bertz CT molecular complexity index is 5820.